The second-order valence-corrected chi connectivity index (χ2v) is 10.3. The number of halogens is 4. The molecule has 2 N–H and O–H groups in total. The molecule has 37 heavy (non-hydrogen) atoms. The van der Waals surface area contributed by atoms with Crippen molar-refractivity contribution in [2.75, 3.05) is 31.8 Å². The number of benzene rings is 2. The van der Waals surface area contributed by atoms with Crippen LogP contribution in [-0.4, -0.2) is 71.4 Å². The van der Waals surface area contributed by atoms with Gasteiger partial charge in [0.25, 0.3) is 5.91 Å². The fourth-order valence-electron chi connectivity index (χ4n) is 5.07. The summed E-state index contributed by atoms with van der Waals surface area (Å²) >= 11 is 7.26. The highest BCUT2D eigenvalue weighted by molar-refractivity contribution is 7.98. The molecule has 1 amide bonds. The Labute approximate surface area is 222 Å². The van der Waals surface area contributed by atoms with Crippen LogP contribution in [0.2, 0.25) is 0 Å². The minimum Gasteiger partial charge on any atom is -0.503 e. The van der Waals surface area contributed by atoms with Gasteiger partial charge in [-0.15, -0.1) is 23.4 Å². The van der Waals surface area contributed by atoms with E-state index in [9.17, 15) is 27.9 Å². The van der Waals surface area contributed by atoms with Crippen LogP contribution in [0.15, 0.2) is 58.8 Å². The number of nitrogens with one attached hydrogen (secondary N) is 1. The maximum absolute atomic E-state index is 13.9. The number of carbonyl (C=O) groups excluding carboxylic acids is 2. The molecule has 2 aromatic carbocycles. The number of ketones is 1. The summed E-state index contributed by atoms with van der Waals surface area (Å²) in [5.74, 6) is -3.41. The predicted molar refractivity (Wildman–Crippen MR) is 138 cm³/mol. The zero-order valence-electron chi connectivity index (χ0n) is 20.5. The normalized spacial score (nSPS) is 22.1. The monoisotopic (exact) mass is 553 g/mol. The first-order chi connectivity index (χ1) is 17.5. The number of amides is 1. The molecule has 0 aliphatic carbocycles. The Morgan fingerprint density at radius 3 is 2.59 bits per heavy atom. The van der Waals surface area contributed by atoms with Crippen molar-refractivity contribution >= 4 is 40.7 Å². The number of aliphatic hydroxyl groups is 1. The van der Waals surface area contributed by atoms with Gasteiger partial charge in [-0.3, -0.25) is 9.59 Å². The molecule has 2 aliphatic heterocycles. The van der Waals surface area contributed by atoms with Crippen molar-refractivity contribution in [2.45, 2.75) is 41.7 Å². The van der Waals surface area contributed by atoms with Crippen molar-refractivity contribution in [3.05, 3.63) is 70.6 Å². The minimum atomic E-state index is -4.71. The number of Topliss-reactive ketones (excluding diaryl/α,β-unsaturated/α-hetero) is 1. The van der Waals surface area contributed by atoms with Crippen molar-refractivity contribution in [2.24, 2.45) is 0 Å². The molecule has 2 aromatic rings. The Morgan fingerprint density at radius 2 is 1.95 bits per heavy atom. The Hall–Kier alpha value is -2.85. The standard InChI is InChI=1S/C26H27ClF3N3O3S/c1-14(26(28,29)30)33-12-18(32(3)23(25(33)36)24(35)19(34)11-27)22-16-8-4-5-10-20(16)37-13-15-7-6-9-17(31-2)21(15)22/h4-10,14,18,22,31,35H,11-13H2,1-3H3/b24-23+/t14-,18?,22+/m1/s1. The lowest BCUT2D eigenvalue weighted by Gasteiger charge is -2.47. The summed E-state index contributed by atoms with van der Waals surface area (Å²) < 4.78 is 41.7. The number of rotatable bonds is 5. The van der Waals surface area contributed by atoms with E-state index in [1.807, 2.05) is 42.5 Å². The van der Waals surface area contributed by atoms with E-state index in [1.54, 1.807) is 18.8 Å². The number of hydrogen-bond acceptors (Lipinski definition) is 6. The molecule has 1 saturated heterocycles. The fraction of sp³-hybridized carbons (Fsp3) is 0.385. The van der Waals surface area contributed by atoms with Crippen molar-refractivity contribution in [1.29, 1.82) is 0 Å². The molecule has 1 unspecified atom stereocenters. The van der Waals surface area contributed by atoms with E-state index in [4.69, 9.17) is 11.6 Å². The first kappa shape index (κ1) is 27.2. The van der Waals surface area contributed by atoms with E-state index in [0.29, 0.717) is 10.7 Å². The van der Waals surface area contributed by atoms with E-state index >= 15 is 0 Å². The third kappa shape index (κ3) is 4.88. The number of thioether (sulfide) groups is 1. The van der Waals surface area contributed by atoms with Gasteiger partial charge in [0.05, 0.1) is 11.9 Å². The molecule has 0 spiro atoms. The van der Waals surface area contributed by atoms with Gasteiger partial charge in [-0.25, -0.2) is 0 Å². The van der Waals surface area contributed by atoms with Crippen LogP contribution < -0.4 is 5.32 Å². The lowest BCUT2D eigenvalue weighted by molar-refractivity contribution is -0.189. The van der Waals surface area contributed by atoms with Gasteiger partial charge in [0.1, 0.15) is 11.7 Å². The predicted octanol–water partition coefficient (Wildman–Crippen LogP) is 5.14. The van der Waals surface area contributed by atoms with Gasteiger partial charge in [-0.05, 0) is 35.7 Å². The Kier molecular flexibility index (Phi) is 7.71. The Balaban J connectivity index is 1.98. The number of piperazine rings is 1. The molecular weight excluding hydrogens is 527 g/mol. The number of anilines is 1. The maximum atomic E-state index is 13.9. The summed E-state index contributed by atoms with van der Waals surface area (Å²) in [5, 5.41) is 13.9. The number of aliphatic hydroxyl groups excluding tert-OH is 1. The largest absolute Gasteiger partial charge is 0.503 e. The van der Waals surface area contributed by atoms with Crippen LogP contribution in [0.4, 0.5) is 18.9 Å². The third-order valence-electron chi connectivity index (χ3n) is 7.05. The second-order valence-electron chi connectivity index (χ2n) is 9.04. The number of likely N-dealkylation sites (N-methyl/N-ethyl adjacent to an activating group) is 1. The number of fused-ring (bicyclic) bond motifs is 2. The van der Waals surface area contributed by atoms with E-state index in [2.05, 4.69) is 5.32 Å². The topological polar surface area (TPSA) is 72.9 Å². The molecule has 2 aliphatic rings. The van der Waals surface area contributed by atoms with E-state index in [1.165, 1.54) is 11.9 Å². The van der Waals surface area contributed by atoms with Crippen LogP contribution in [0.5, 0.6) is 0 Å². The van der Waals surface area contributed by atoms with Gasteiger partial charge in [0.2, 0.25) is 5.78 Å². The van der Waals surface area contributed by atoms with Crippen LogP contribution >= 0.6 is 23.4 Å². The van der Waals surface area contributed by atoms with Crippen LogP contribution in [0.1, 0.15) is 29.5 Å². The van der Waals surface area contributed by atoms with E-state index in [0.717, 1.165) is 34.2 Å². The molecule has 0 bridgehead atoms. The lowest BCUT2D eigenvalue weighted by atomic mass is 9.79. The fourth-order valence-corrected chi connectivity index (χ4v) is 6.29. The van der Waals surface area contributed by atoms with Crippen LogP contribution in [0, 0.1) is 0 Å². The first-order valence-corrected chi connectivity index (χ1v) is 13.2. The summed E-state index contributed by atoms with van der Waals surface area (Å²) in [4.78, 5) is 28.8. The van der Waals surface area contributed by atoms with Gasteiger partial charge in [0.15, 0.2) is 5.76 Å². The van der Waals surface area contributed by atoms with Gasteiger partial charge < -0.3 is 20.2 Å². The van der Waals surface area contributed by atoms with E-state index in [-0.39, 0.29) is 6.54 Å². The highest BCUT2D eigenvalue weighted by Crippen LogP contribution is 2.47. The highest BCUT2D eigenvalue weighted by Gasteiger charge is 2.50. The average molecular weight is 554 g/mol. The number of alkyl halides is 4. The van der Waals surface area contributed by atoms with Gasteiger partial charge in [-0.1, -0.05) is 30.3 Å². The number of allylic oxidation sites excluding steroid dienone is 1. The summed E-state index contributed by atoms with van der Waals surface area (Å²) in [7, 11) is 3.30. The van der Waals surface area contributed by atoms with Gasteiger partial charge >= 0.3 is 6.18 Å². The van der Waals surface area contributed by atoms with Gasteiger partial charge in [-0.2, -0.15) is 13.2 Å². The van der Waals surface area contributed by atoms with E-state index < -0.39 is 53.2 Å². The third-order valence-corrected chi connectivity index (χ3v) is 8.43. The minimum absolute atomic E-state index is 0.275. The number of carbonyl (C=O) groups is 2. The van der Waals surface area contributed by atoms with Crippen molar-refractivity contribution in [3.8, 4) is 0 Å². The molecule has 4 rings (SSSR count). The summed E-state index contributed by atoms with van der Waals surface area (Å²) in [6, 6.07) is 10.6. The zero-order chi connectivity index (χ0) is 27.1. The molecule has 0 radical (unpaired) electrons. The molecule has 198 valence electrons. The smallest absolute Gasteiger partial charge is 0.408 e. The number of nitrogens with zero attached hydrogens (tertiary/aromatic N) is 2. The molecule has 0 aromatic heterocycles. The summed E-state index contributed by atoms with van der Waals surface area (Å²) in [5.41, 5.74) is 3.12. The molecule has 1 fully saturated rings. The highest BCUT2D eigenvalue weighted by atomic mass is 35.5. The SMILES string of the molecule is CNc1cccc2c1[C@H](C1CN([C@H](C)C(F)(F)F)C(=O)/C(=C(\O)C(=O)CCl)N1C)c1ccccc1SC2. The number of hydrogen-bond donors (Lipinski definition) is 2. The van der Waals surface area contributed by atoms with Crippen LogP contribution in [0.25, 0.3) is 0 Å². The van der Waals surface area contributed by atoms with Gasteiger partial charge in [0, 0.05) is 42.9 Å². The molecule has 11 heteroatoms. The summed E-state index contributed by atoms with van der Waals surface area (Å²) in [6.07, 6.45) is -4.71. The van der Waals surface area contributed by atoms with Crippen molar-refractivity contribution in [1.82, 2.24) is 9.80 Å². The molecule has 3 atom stereocenters. The maximum Gasteiger partial charge on any atom is 0.408 e. The summed E-state index contributed by atoms with van der Waals surface area (Å²) in [6.45, 7) is 0.630. The van der Waals surface area contributed by atoms with Crippen LogP contribution in [-0.2, 0) is 15.3 Å². The van der Waals surface area contributed by atoms with Crippen molar-refractivity contribution in [3.63, 3.8) is 0 Å². The molecular formula is C26H27ClF3N3O3S. The molecule has 6 nitrogen and oxygen atoms in total. The quantitative estimate of drug-likeness (QED) is 0.304. The zero-order valence-corrected chi connectivity index (χ0v) is 22.0. The van der Waals surface area contributed by atoms with Crippen molar-refractivity contribution < 1.29 is 27.9 Å². The first-order valence-electron chi connectivity index (χ1n) is 11.6. The molecule has 0 saturated carbocycles. The average Bonchev–Trinajstić information content (AvgIpc) is 3.04. The Bertz CT molecular complexity index is 1250. The van der Waals surface area contributed by atoms with Crippen LogP contribution in [0.3, 0.4) is 0 Å². The molecule has 2 heterocycles. The second kappa shape index (κ2) is 10.5. The lowest BCUT2D eigenvalue weighted by Crippen LogP contribution is -2.60. The Morgan fingerprint density at radius 1 is 1.24 bits per heavy atom.